The molecule has 1 aromatic heterocycles. The van der Waals surface area contributed by atoms with Crippen molar-refractivity contribution >= 4 is 21.4 Å². The van der Waals surface area contributed by atoms with Gasteiger partial charge >= 0.3 is 0 Å². The fraction of sp³-hybridized carbons (Fsp3) is 0.692. The molecule has 1 saturated carbocycles. The predicted molar refractivity (Wildman–Crippen MR) is 82.8 cm³/mol. The van der Waals surface area contributed by atoms with Gasteiger partial charge < -0.3 is 10.2 Å². The van der Waals surface area contributed by atoms with Gasteiger partial charge in [0.25, 0.3) is 0 Å². The van der Waals surface area contributed by atoms with Crippen molar-refractivity contribution in [2.75, 3.05) is 33.7 Å². The summed E-state index contributed by atoms with van der Waals surface area (Å²) in [6.45, 7) is 2.06. The second kappa shape index (κ2) is 7.00. The largest absolute Gasteiger partial charge is 0.314 e. The minimum atomic E-state index is -3.34. The lowest BCUT2D eigenvalue weighted by atomic mass is 10.3. The molecule has 0 spiro atoms. The van der Waals surface area contributed by atoms with E-state index in [1.54, 1.807) is 6.07 Å². The average Bonchev–Trinajstić information content (AvgIpc) is 3.04. The SMILES string of the molecule is CN(C)CCNS(=O)(=O)c1ccc(CCNC2CC2)s1. The third-order valence-corrected chi connectivity index (χ3v) is 6.23. The highest BCUT2D eigenvalue weighted by molar-refractivity contribution is 7.91. The molecule has 0 amide bonds. The van der Waals surface area contributed by atoms with Crippen LogP contribution in [-0.4, -0.2) is 53.1 Å². The van der Waals surface area contributed by atoms with Crippen LogP contribution in [0.25, 0.3) is 0 Å². The molecule has 0 atom stereocenters. The zero-order valence-corrected chi connectivity index (χ0v) is 13.7. The molecule has 1 fully saturated rings. The summed E-state index contributed by atoms with van der Waals surface area (Å²) in [6.07, 6.45) is 3.45. The van der Waals surface area contributed by atoms with Crippen LogP contribution in [0.3, 0.4) is 0 Å². The Morgan fingerprint density at radius 2 is 2.05 bits per heavy atom. The summed E-state index contributed by atoms with van der Waals surface area (Å²) in [5.41, 5.74) is 0. The molecule has 1 aromatic rings. The summed E-state index contributed by atoms with van der Waals surface area (Å²) in [7, 11) is 0.499. The second-order valence-electron chi connectivity index (χ2n) is 5.40. The fourth-order valence-corrected chi connectivity index (χ4v) is 4.22. The first-order chi connectivity index (χ1) is 9.47. The molecule has 7 heteroatoms. The van der Waals surface area contributed by atoms with E-state index < -0.39 is 10.0 Å². The molecule has 2 N–H and O–H groups in total. The fourth-order valence-electron chi connectivity index (χ4n) is 1.80. The van der Waals surface area contributed by atoms with Crippen LogP contribution in [0, 0.1) is 0 Å². The number of rotatable bonds is 9. The number of nitrogens with zero attached hydrogens (tertiary/aromatic N) is 1. The van der Waals surface area contributed by atoms with Gasteiger partial charge in [0.1, 0.15) is 4.21 Å². The maximum absolute atomic E-state index is 12.1. The number of likely N-dealkylation sites (N-methyl/N-ethyl adjacent to an activating group) is 1. The molecule has 2 rings (SSSR count). The molecule has 20 heavy (non-hydrogen) atoms. The van der Waals surface area contributed by atoms with E-state index in [1.807, 2.05) is 25.1 Å². The maximum Gasteiger partial charge on any atom is 0.250 e. The molecular formula is C13H23N3O2S2. The van der Waals surface area contributed by atoms with E-state index in [1.165, 1.54) is 24.2 Å². The van der Waals surface area contributed by atoms with Gasteiger partial charge in [0, 0.05) is 30.6 Å². The summed E-state index contributed by atoms with van der Waals surface area (Å²) in [4.78, 5) is 3.07. The minimum Gasteiger partial charge on any atom is -0.314 e. The summed E-state index contributed by atoms with van der Waals surface area (Å²) in [6, 6.07) is 4.32. The van der Waals surface area contributed by atoms with E-state index in [-0.39, 0.29) is 0 Å². The van der Waals surface area contributed by atoms with Crippen molar-refractivity contribution in [1.29, 1.82) is 0 Å². The smallest absolute Gasteiger partial charge is 0.250 e. The maximum atomic E-state index is 12.1. The average molecular weight is 317 g/mol. The molecule has 114 valence electrons. The molecule has 1 aliphatic rings. The summed E-state index contributed by atoms with van der Waals surface area (Å²) >= 11 is 1.37. The van der Waals surface area contributed by atoms with Crippen molar-refractivity contribution in [2.45, 2.75) is 29.5 Å². The van der Waals surface area contributed by atoms with Gasteiger partial charge in [-0.1, -0.05) is 0 Å². The molecule has 1 aliphatic carbocycles. The molecule has 1 heterocycles. The lowest BCUT2D eigenvalue weighted by molar-refractivity contribution is 0.412. The highest BCUT2D eigenvalue weighted by atomic mass is 32.2. The number of thiophene rings is 1. The van der Waals surface area contributed by atoms with Gasteiger partial charge in [0.15, 0.2) is 0 Å². The van der Waals surface area contributed by atoms with Gasteiger partial charge in [-0.15, -0.1) is 11.3 Å². The van der Waals surface area contributed by atoms with Crippen molar-refractivity contribution in [3.8, 4) is 0 Å². The van der Waals surface area contributed by atoms with Crippen LogP contribution >= 0.6 is 11.3 Å². The Bertz CT molecular complexity index is 521. The summed E-state index contributed by atoms with van der Waals surface area (Å²) in [5.74, 6) is 0. The van der Waals surface area contributed by atoms with E-state index in [2.05, 4.69) is 10.0 Å². The van der Waals surface area contributed by atoms with Gasteiger partial charge in [-0.25, -0.2) is 13.1 Å². The molecule has 0 aliphatic heterocycles. The first-order valence-corrected chi connectivity index (χ1v) is 9.24. The molecule has 0 saturated heterocycles. The van der Waals surface area contributed by atoms with Crippen LogP contribution in [0.4, 0.5) is 0 Å². The lowest BCUT2D eigenvalue weighted by Gasteiger charge is -2.09. The van der Waals surface area contributed by atoms with Crippen LogP contribution in [-0.2, 0) is 16.4 Å². The predicted octanol–water partition coefficient (Wildman–Crippen LogP) is 0.883. The minimum absolute atomic E-state index is 0.415. The van der Waals surface area contributed by atoms with Crippen molar-refractivity contribution in [3.05, 3.63) is 17.0 Å². The van der Waals surface area contributed by atoms with E-state index in [0.29, 0.717) is 23.3 Å². The van der Waals surface area contributed by atoms with E-state index in [9.17, 15) is 8.42 Å². The highest BCUT2D eigenvalue weighted by Gasteiger charge is 2.20. The van der Waals surface area contributed by atoms with Gasteiger partial charge in [0.2, 0.25) is 10.0 Å². The Balaban J connectivity index is 1.82. The Labute approximate surface area is 125 Å². The van der Waals surface area contributed by atoms with Crippen molar-refractivity contribution in [2.24, 2.45) is 0 Å². The van der Waals surface area contributed by atoms with Crippen molar-refractivity contribution in [1.82, 2.24) is 14.9 Å². The second-order valence-corrected chi connectivity index (χ2v) is 8.56. The van der Waals surface area contributed by atoms with Gasteiger partial charge in [-0.05, 0) is 45.5 Å². The first-order valence-electron chi connectivity index (χ1n) is 6.94. The number of sulfonamides is 1. The van der Waals surface area contributed by atoms with Gasteiger partial charge in [-0.2, -0.15) is 0 Å². The molecule has 0 unspecified atom stereocenters. The Morgan fingerprint density at radius 1 is 1.30 bits per heavy atom. The molecule has 0 radical (unpaired) electrons. The Hall–Kier alpha value is -0.470. The highest BCUT2D eigenvalue weighted by Crippen LogP contribution is 2.22. The van der Waals surface area contributed by atoms with Crippen LogP contribution in [0.5, 0.6) is 0 Å². The standard InChI is InChI=1S/C13H23N3O2S2/c1-16(2)10-9-15-20(17,18)13-6-5-12(19-13)7-8-14-11-3-4-11/h5-6,11,14-15H,3-4,7-10H2,1-2H3. The zero-order valence-electron chi connectivity index (χ0n) is 12.1. The quantitative estimate of drug-likeness (QED) is 0.710. The first kappa shape index (κ1) is 15.9. The monoisotopic (exact) mass is 317 g/mol. The summed E-state index contributed by atoms with van der Waals surface area (Å²) in [5, 5.41) is 3.44. The van der Waals surface area contributed by atoms with Crippen LogP contribution in [0.15, 0.2) is 16.3 Å². The lowest BCUT2D eigenvalue weighted by Crippen LogP contribution is -2.30. The van der Waals surface area contributed by atoms with Crippen molar-refractivity contribution < 1.29 is 8.42 Å². The topological polar surface area (TPSA) is 61.4 Å². The molecule has 0 aromatic carbocycles. The van der Waals surface area contributed by atoms with Crippen LogP contribution in [0.2, 0.25) is 0 Å². The summed E-state index contributed by atoms with van der Waals surface area (Å²) < 4.78 is 27.2. The molecule has 0 bridgehead atoms. The normalized spacial score (nSPS) is 15.9. The Morgan fingerprint density at radius 3 is 2.70 bits per heavy atom. The van der Waals surface area contributed by atoms with Gasteiger partial charge in [-0.3, -0.25) is 0 Å². The van der Waals surface area contributed by atoms with E-state index >= 15 is 0 Å². The molecular weight excluding hydrogens is 294 g/mol. The third kappa shape index (κ3) is 5.14. The third-order valence-electron chi connectivity index (χ3n) is 3.13. The Kier molecular flexibility index (Phi) is 5.57. The van der Waals surface area contributed by atoms with Crippen LogP contribution in [0.1, 0.15) is 17.7 Å². The van der Waals surface area contributed by atoms with Gasteiger partial charge in [0.05, 0.1) is 0 Å². The number of hydrogen-bond acceptors (Lipinski definition) is 5. The van der Waals surface area contributed by atoms with Crippen molar-refractivity contribution in [3.63, 3.8) is 0 Å². The van der Waals surface area contributed by atoms with E-state index in [0.717, 1.165) is 17.8 Å². The van der Waals surface area contributed by atoms with E-state index in [4.69, 9.17) is 0 Å². The van der Waals surface area contributed by atoms with Crippen LogP contribution < -0.4 is 10.0 Å². The number of hydrogen-bond donors (Lipinski definition) is 2. The number of nitrogens with one attached hydrogen (secondary N) is 2. The zero-order chi connectivity index (χ0) is 14.6. The molecule has 5 nitrogen and oxygen atoms in total.